The first-order valence-electron chi connectivity index (χ1n) is 8.52. The summed E-state index contributed by atoms with van der Waals surface area (Å²) in [7, 11) is 1.24. The molecule has 1 aromatic heterocycles. The van der Waals surface area contributed by atoms with Crippen molar-refractivity contribution >= 4 is 46.1 Å². The molecule has 30 heavy (non-hydrogen) atoms. The van der Waals surface area contributed by atoms with E-state index in [0.29, 0.717) is 5.56 Å². The molecule has 0 bridgehead atoms. The highest BCUT2D eigenvalue weighted by Gasteiger charge is 2.35. The number of benzene rings is 1. The van der Waals surface area contributed by atoms with Gasteiger partial charge in [-0.25, -0.2) is 4.39 Å². The maximum atomic E-state index is 13.1. The molecule has 1 aromatic carbocycles. The molecule has 1 aliphatic rings. The second-order valence-electron chi connectivity index (χ2n) is 6.42. The van der Waals surface area contributed by atoms with Gasteiger partial charge in [0.15, 0.2) is 5.78 Å². The van der Waals surface area contributed by atoms with Gasteiger partial charge in [-0.3, -0.25) is 23.9 Å². The van der Waals surface area contributed by atoms with Gasteiger partial charge >= 0.3 is 0 Å². The van der Waals surface area contributed by atoms with Crippen molar-refractivity contribution in [2.45, 2.75) is 6.92 Å². The van der Waals surface area contributed by atoms with E-state index in [4.69, 9.17) is 12.2 Å². The Morgan fingerprint density at radius 1 is 1.33 bits per heavy atom. The van der Waals surface area contributed by atoms with Crippen molar-refractivity contribution in [3.8, 4) is 11.9 Å². The van der Waals surface area contributed by atoms with Crippen LogP contribution >= 0.6 is 24.0 Å². The molecule has 0 aliphatic carbocycles. The predicted octanol–water partition coefficient (Wildman–Crippen LogP) is 2.49. The van der Waals surface area contributed by atoms with E-state index < -0.39 is 35.5 Å². The summed E-state index contributed by atoms with van der Waals surface area (Å²) in [5.41, 5.74) is -0.578. The van der Waals surface area contributed by atoms with Gasteiger partial charge in [-0.1, -0.05) is 36.1 Å². The quantitative estimate of drug-likeness (QED) is 0.440. The molecule has 1 fully saturated rings. The van der Waals surface area contributed by atoms with Crippen LogP contribution in [0.5, 0.6) is 5.88 Å². The highest BCUT2D eigenvalue weighted by Crippen LogP contribution is 2.33. The number of aromatic nitrogens is 1. The van der Waals surface area contributed by atoms with Gasteiger partial charge in [0.25, 0.3) is 11.5 Å². The third-order valence-corrected chi connectivity index (χ3v) is 5.92. The Morgan fingerprint density at radius 2 is 1.97 bits per heavy atom. The van der Waals surface area contributed by atoms with Crippen LogP contribution in [0.2, 0.25) is 0 Å². The van der Waals surface area contributed by atoms with Crippen molar-refractivity contribution in [2.75, 3.05) is 6.54 Å². The molecule has 0 radical (unpaired) electrons. The van der Waals surface area contributed by atoms with Gasteiger partial charge in [0.2, 0.25) is 5.88 Å². The zero-order valence-electron chi connectivity index (χ0n) is 15.8. The topological polar surface area (TPSA) is 103 Å². The van der Waals surface area contributed by atoms with Crippen LogP contribution in [-0.4, -0.2) is 37.1 Å². The average molecular weight is 443 g/mol. The van der Waals surface area contributed by atoms with Gasteiger partial charge in [0.05, 0.1) is 17.0 Å². The Hall–Kier alpha value is -3.29. The smallest absolute Gasteiger partial charge is 0.271 e. The van der Waals surface area contributed by atoms with Gasteiger partial charge < -0.3 is 5.11 Å². The van der Waals surface area contributed by atoms with Crippen LogP contribution in [0.25, 0.3) is 6.08 Å². The van der Waals surface area contributed by atoms with Crippen molar-refractivity contribution in [1.29, 1.82) is 5.26 Å². The van der Waals surface area contributed by atoms with E-state index in [2.05, 4.69) is 0 Å². The van der Waals surface area contributed by atoms with Crippen molar-refractivity contribution in [3.63, 3.8) is 0 Å². The van der Waals surface area contributed by atoms with E-state index in [0.717, 1.165) is 21.2 Å². The minimum absolute atomic E-state index is 0.0374. The first kappa shape index (κ1) is 21.4. The van der Waals surface area contributed by atoms with Crippen molar-refractivity contribution in [3.05, 3.63) is 67.6 Å². The summed E-state index contributed by atoms with van der Waals surface area (Å²) in [6.45, 7) is 0.911. The molecule has 0 unspecified atom stereocenters. The number of nitriles is 1. The average Bonchev–Trinajstić information content (AvgIpc) is 2.96. The molecule has 0 atom stereocenters. The number of hydrogen-bond donors (Lipinski definition) is 1. The molecule has 7 nitrogen and oxygen atoms in total. The molecule has 2 aromatic rings. The lowest BCUT2D eigenvalue weighted by molar-refractivity contribution is -0.121. The fourth-order valence-electron chi connectivity index (χ4n) is 2.92. The molecule has 3 rings (SSSR count). The largest absolute Gasteiger partial charge is 0.494 e. The third-order valence-electron chi connectivity index (χ3n) is 4.54. The van der Waals surface area contributed by atoms with Crippen LogP contribution in [0.3, 0.4) is 0 Å². The number of amides is 1. The van der Waals surface area contributed by atoms with E-state index in [1.165, 1.54) is 44.3 Å². The second kappa shape index (κ2) is 8.22. The molecule has 0 saturated carbocycles. The number of hydrogen-bond acceptors (Lipinski definition) is 7. The Morgan fingerprint density at radius 3 is 2.57 bits per heavy atom. The summed E-state index contributed by atoms with van der Waals surface area (Å²) in [6.07, 6.45) is 1.53. The summed E-state index contributed by atoms with van der Waals surface area (Å²) in [5.74, 6) is -2.18. The Kier molecular flexibility index (Phi) is 5.87. The highest BCUT2D eigenvalue weighted by molar-refractivity contribution is 8.26. The molecular formula is C20H14FN3O4S2. The van der Waals surface area contributed by atoms with E-state index >= 15 is 0 Å². The number of ketones is 1. The van der Waals surface area contributed by atoms with E-state index in [1.54, 1.807) is 6.07 Å². The maximum Gasteiger partial charge on any atom is 0.271 e. The van der Waals surface area contributed by atoms with Crippen LogP contribution in [0, 0.1) is 24.1 Å². The Labute approximate surface area is 180 Å². The SMILES string of the molecule is Cc1c(C(=O)CN2C(=O)/C(=C/c3ccc(F)cc3)SC2=S)c(O)n(C)c(=O)c1C#N. The van der Waals surface area contributed by atoms with Crippen molar-refractivity contribution < 1.29 is 19.1 Å². The summed E-state index contributed by atoms with van der Waals surface area (Å²) >= 11 is 6.20. The summed E-state index contributed by atoms with van der Waals surface area (Å²) < 4.78 is 14.0. The Bertz CT molecular complexity index is 1230. The predicted molar refractivity (Wildman–Crippen MR) is 113 cm³/mol. The van der Waals surface area contributed by atoms with Crippen LogP contribution in [-0.2, 0) is 11.8 Å². The van der Waals surface area contributed by atoms with Crippen LogP contribution in [0.1, 0.15) is 27.0 Å². The number of carbonyl (C=O) groups excluding carboxylic acids is 2. The third kappa shape index (κ3) is 3.77. The molecular weight excluding hydrogens is 429 g/mol. The number of pyridine rings is 1. The molecule has 1 N–H and O–H groups in total. The molecule has 152 valence electrons. The highest BCUT2D eigenvalue weighted by atomic mass is 32.2. The van der Waals surface area contributed by atoms with Crippen molar-refractivity contribution in [2.24, 2.45) is 7.05 Å². The molecule has 1 saturated heterocycles. The van der Waals surface area contributed by atoms with Crippen molar-refractivity contribution in [1.82, 2.24) is 9.47 Å². The van der Waals surface area contributed by atoms with Crippen LogP contribution < -0.4 is 5.56 Å². The lowest BCUT2D eigenvalue weighted by atomic mass is 10.0. The summed E-state index contributed by atoms with van der Waals surface area (Å²) in [5, 5.41) is 19.5. The van der Waals surface area contributed by atoms with Crippen LogP contribution in [0.4, 0.5) is 4.39 Å². The van der Waals surface area contributed by atoms with E-state index in [1.807, 2.05) is 0 Å². The maximum absolute atomic E-state index is 13.1. The van der Waals surface area contributed by atoms with Gasteiger partial charge in [0.1, 0.15) is 21.8 Å². The van der Waals surface area contributed by atoms with Gasteiger partial charge in [-0.05, 0) is 36.3 Å². The fraction of sp³-hybridized carbons (Fsp3) is 0.150. The van der Waals surface area contributed by atoms with Gasteiger partial charge in [-0.2, -0.15) is 5.26 Å². The zero-order valence-corrected chi connectivity index (χ0v) is 17.4. The normalized spacial score (nSPS) is 15.0. The fourth-order valence-corrected chi connectivity index (χ4v) is 4.17. The van der Waals surface area contributed by atoms with Gasteiger partial charge in [0, 0.05) is 7.05 Å². The number of carbonyl (C=O) groups is 2. The standard InChI is InChI=1S/C20H14FN3O4S2/c1-10-13(8-22)17(26)23(2)19(28)16(10)14(25)9-24-18(27)15(30-20(24)29)7-11-3-5-12(21)6-4-11/h3-7,28H,9H2,1-2H3/b15-7-. The van der Waals surface area contributed by atoms with Gasteiger partial charge in [-0.15, -0.1) is 0 Å². The zero-order chi connectivity index (χ0) is 22.2. The molecule has 1 amide bonds. The summed E-state index contributed by atoms with van der Waals surface area (Å²) in [6, 6.07) is 7.25. The first-order valence-corrected chi connectivity index (χ1v) is 9.75. The molecule has 2 heterocycles. The lowest BCUT2D eigenvalue weighted by Gasteiger charge is -2.16. The van der Waals surface area contributed by atoms with E-state index in [-0.39, 0.29) is 25.9 Å². The molecule has 10 heteroatoms. The minimum Gasteiger partial charge on any atom is -0.494 e. The number of thioether (sulfide) groups is 1. The number of thiocarbonyl (C=S) groups is 1. The minimum atomic E-state index is -0.725. The summed E-state index contributed by atoms with van der Waals surface area (Å²) in [4.78, 5) is 39.0. The lowest BCUT2D eigenvalue weighted by Crippen LogP contribution is -2.35. The van der Waals surface area contributed by atoms with E-state index in [9.17, 15) is 29.1 Å². The first-order chi connectivity index (χ1) is 14.1. The Balaban J connectivity index is 1.91. The molecule has 0 spiro atoms. The van der Waals surface area contributed by atoms with Crippen LogP contribution in [0.15, 0.2) is 34.0 Å². The number of nitrogens with zero attached hydrogens (tertiary/aromatic N) is 3. The number of halogens is 1. The number of aromatic hydroxyl groups is 1. The number of Topliss-reactive ketones (excluding diaryl/α,β-unsaturated/α-hetero) is 1. The number of rotatable bonds is 4. The monoisotopic (exact) mass is 443 g/mol. The second-order valence-corrected chi connectivity index (χ2v) is 8.09. The molecule has 1 aliphatic heterocycles.